The van der Waals surface area contributed by atoms with Crippen molar-refractivity contribution < 1.29 is 23.8 Å². The van der Waals surface area contributed by atoms with Crippen LogP contribution >= 0.6 is 0 Å². The summed E-state index contributed by atoms with van der Waals surface area (Å²) >= 11 is 0. The van der Waals surface area contributed by atoms with Crippen molar-refractivity contribution in [2.45, 2.75) is 51.2 Å². The lowest BCUT2D eigenvalue weighted by Crippen LogP contribution is -2.44. The molecule has 3 heterocycles. The van der Waals surface area contributed by atoms with Crippen LogP contribution in [0.15, 0.2) is 54.7 Å². The number of aliphatic carboxylic acids is 1. The summed E-state index contributed by atoms with van der Waals surface area (Å²) in [5.74, 6) is -0.152. The molecule has 2 saturated heterocycles. The molecule has 2 fully saturated rings. The van der Waals surface area contributed by atoms with E-state index in [1.54, 1.807) is 13.3 Å². The molecule has 0 spiro atoms. The number of halogens is 1. The van der Waals surface area contributed by atoms with Crippen LogP contribution in [0.4, 0.5) is 4.39 Å². The van der Waals surface area contributed by atoms with E-state index in [1.807, 2.05) is 24.3 Å². The second-order valence-corrected chi connectivity index (χ2v) is 11.5. The van der Waals surface area contributed by atoms with Crippen LogP contribution in [0.5, 0.6) is 5.75 Å². The molecule has 1 aromatic heterocycles. The standard InChI is InChI=1S/C33H42FN3O4/c1-40-27-9-10-30-28(22-27)31(26(23-35-30)24-37-18-20-41-21-19-37)29(34)11-12-33(32(38)39)13-16-36(17-14-33)15-5-8-25-6-3-2-4-7-25/h2-4,6-7,9-10,22-23,29H,5,8,11-21,24H2,1H3,(H,38,39)/t29-/m1/s1. The summed E-state index contributed by atoms with van der Waals surface area (Å²) in [5, 5.41) is 11.0. The maximum Gasteiger partial charge on any atom is 0.309 e. The minimum Gasteiger partial charge on any atom is -0.497 e. The molecule has 0 unspecified atom stereocenters. The van der Waals surface area contributed by atoms with Gasteiger partial charge in [0.25, 0.3) is 0 Å². The number of carboxylic acid groups (broad SMARTS) is 1. The van der Waals surface area contributed by atoms with Crippen molar-refractivity contribution in [2.75, 3.05) is 53.0 Å². The number of benzene rings is 2. The molecule has 2 aromatic carbocycles. The molecule has 8 heteroatoms. The molecule has 0 saturated carbocycles. The van der Waals surface area contributed by atoms with Gasteiger partial charge in [-0.05, 0) is 87.5 Å². The lowest BCUT2D eigenvalue weighted by Gasteiger charge is -2.39. The fourth-order valence-electron chi connectivity index (χ4n) is 6.33. The number of carboxylic acids is 1. The summed E-state index contributed by atoms with van der Waals surface area (Å²) in [6.45, 7) is 5.90. The molecule has 2 aliphatic rings. The van der Waals surface area contributed by atoms with E-state index in [1.165, 1.54) is 5.56 Å². The summed E-state index contributed by atoms with van der Waals surface area (Å²) in [4.78, 5) is 21.8. The van der Waals surface area contributed by atoms with E-state index in [4.69, 9.17) is 9.47 Å². The number of aromatic nitrogens is 1. The SMILES string of the molecule is COc1ccc2ncc(CN3CCOCC3)c([C@H](F)CCC3(C(=O)O)CCN(CCCc4ccccc4)CC3)c2c1. The van der Waals surface area contributed by atoms with Crippen molar-refractivity contribution in [3.8, 4) is 5.75 Å². The Morgan fingerprint density at radius 1 is 1.10 bits per heavy atom. The highest BCUT2D eigenvalue weighted by atomic mass is 19.1. The fraction of sp³-hybridized carbons (Fsp3) is 0.515. The van der Waals surface area contributed by atoms with E-state index in [2.05, 4.69) is 39.0 Å². The second-order valence-electron chi connectivity index (χ2n) is 11.5. The third-order valence-electron chi connectivity index (χ3n) is 8.94. The van der Waals surface area contributed by atoms with Gasteiger partial charge in [-0.25, -0.2) is 4.39 Å². The molecule has 220 valence electrons. The van der Waals surface area contributed by atoms with Gasteiger partial charge < -0.3 is 19.5 Å². The van der Waals surface area contributed by atoms with Gasteiger partial charge in [0.2, 0.25) is 0 Å². The van der Waals surface area contributed by atoms with Crippen LogP contribution in [0.2, 0.25) is 0 Å². The Balaban J connectivity index is 1.27. The number of fused-ring (bicyclic) bond motifs is 1. The third-order valence-corrected chi connectivity index (χ3v) is 8.94. The number of carbonyl (C=O) groups is 1. The molecule has 3 aromatic rings. The van der Waals surface area contributed by atoms with Gasteiger partial charge in [0.1, 0.15) is 11.9 Å². The van der Waals surface area contributed by atoms with E-state index in [-0.39, 0.29) is 6.42 Å². The van der Waals surface area contributed by atoms with Crippen molar-refractivity contribution in [2.24, 2.45) is 5.41 Å². The zero-order valence-electron chi connectivity index (χ0n) is 24.1. The number of nitrogens with zero attached hydrogens (tertiary/aromatic N) is 3. The van der Waals surface area contributed by atoms with Crippen LogP contribution in [0.3, 0.4) is 0 Å². The quantitative estimate of drug-likeness (QED) is 0.305. The molecule has 2 aliphatic heterocycles. The van der Waals surface area contributed by atoms with Gasteiger partial charge in [0.05, 0.1) is 31.3 Å². The number of alkyl halides is 1. The molecule has 0 radical (unpaired) electrons. The Morgan fingerprint density at radius 2 is 1.85 bits per heavy atom. The number of rotatable bonds is 12. The number of aryl methyl sites for hydroxylation is 1. The molecule has 1 N–H and O–H groups in total. The van der Waals surface area contributed by atoms with Gasteiger partial charge in [0, 0.05) is 36.8 Å². The Kier molecular flexibility index (Phi) is 9.85. The predicted octanol–water partition coefficient (Wildman–Crippen LogP) is 5.67. The summed E-state index contributed by atoms with van der Waals surface area (Å²) in [5.41, 5.74) is 2.60. The van der Waals surface area contributed by atoms with E-state index in [0.717, 1.165) is 56.5 Å². The molecule has 0 amide bonds. The van der Waals surface area contributed by atoms with E-state index >= 15 is 4.39 Å². The van der Waals surface area contributed by atoms with Crippen molar-refractivity contribution in [1.29, 1.82) is 0 Å². The van der Waals surface area contributed by atoms with Crippen molar-refractivity contribution in [3.05, 3.63) is 71.4 Å². The second kappa shape index (κ2) is 13.7. The van der Waals surface area contributed by atoms with Crippen LogP contribution in [-0.2, 0) is 22.5 Å². The lowest BCUT2D eigenvalue weighted by molar-refractivity contribution is -0.153. The van der Waals surface area contributed by atoms with Gasteiger partial charge in [-0.15, -0.1) is 0 Å². The summed E-state index contributed by atoms with van der Waals surface area (Å²) in [6.07, 6.45) is 4.11. The van der Waals surface area contributed by atoms with Crippen LogP contribution in [-0.4, -0.2) is 78.9 Å². The molecule has 7 nitrogen and oxygen atoms in total. The topological polar surface area (TPSA) is 75.1 Å². The normalized spacial score (nSPS) is 18.8. The first-order chi connectivity index (χ1) is 20.0. The fourth-order valence-corrected chi connectivity index (χ4v) is 6.33. The Bertz CT molecular complexity index is 1290. The molecular weight excluding hydrogens is 521 g/mol. The highest BCUT2D eigenvalue weighted by Crippen LogP contribution is 2.42. The number of pyridine rings is 1. The van der Waals surface area contributed by atoms with Crippen LogP contribution in [0.25, 0.3) is 10.9 Å². The number of likely N-dealkylation sites (tertiary alicyclic amines) is 1. The van der Waals surface area contributed by atoms with Gasteiger partial charge in [-0.2, -0.15) is 0 Å². The minimum absolute atomic E-state index is 0.159. The molecule has 5 rings (SSSR count). The Labute approximate surface area is 242 Å². The van der Waals surface area contributed by atoms with Crippen LogP contribution in [0, 0.1) is 5.41 Å². The first-order valence-corrected chi connectivity index (χ1v) is 14.9. The summed E-state index contributed by atoms with van der Waals surface area (Å²) < 4.78 is 27.3. The number of piperidine rings is 1. The van der Waals surface area contributed by atoms with E-state index in [0.29, 0.717) is 55.9 Å². The first-order valence-electron chi connectivity index (χ1n) is 14.9. The average Bonchev–Trinajstić information content (AvgIpc) is 3.01. The number of methoxy groups -OCH3 is 1. The summed E-state index contributed by atoms with van der Waals surface area (Å²) in [6, 6.07) is 16.0. The molecule has 0 aliphatic carbocycles. The van der Waals surface area contributed by atoms with E-state index < -0.39 is 17.6 Å². The van der Waals surface area contributed by atoms with Gasteiger partial charge in [-0.1, -0.05) is 30.3 Å². The highest BCUT2D eigenvalue weighted by molar-refractivity contribution is 5.85. The van der Waals surface area contributed by atoms with Crippen molar-refractivity contribution >= 4 is 16.9 Å². The molecule has 41 heavy (non-hydrogen) atoms. The highest BCUT2D eigenvalue weighted by Gasteiger charge is 2.41. The lowest BCUT2D eigenvalue weighted by atomic mass is 9.74. The maximum absolute atomic E-state index is 16.4. The van der Waals surface area contributed by atoms with Gasteiger partial charge in [-0.3, -0.25) is 14.7 Å². The Hall–Kier alpha value is -3.07. The monoisotopic (exact) mass is 563 g/mol. The van der Waals surface area contributed by atoms with Gasteiger partial charge >= 0.3 is 5.97 Å². The Morgan fingerprint density at radius 3 is 2.56 bits per heavy atom. The smallest absolute Gasteiger partial charge is 0.309 e. The van der Waals surface area contributed by atoms with Crippen LogP contribution in [0.1, 0.15) is 55.0 Å². The molecular formula is C33H42FN3O4. The van der Waals surface area contributed by atoms with Gasteiger partial charge in [0.15, 0.2) is 0 Å². The first kappa shape index (κ1) is 29.4. The van der Waals surface area contributed by atoms with Crippen molar-refractivity contribution in [1.82, 2.24) is 14.8 Å². The number of hydrogen-bond acceptors (Lipinski definition) is 6. The summed E-state index contributed by atoms with van der Waals surface area (Å²) in [7, 11) is 1.60. The molecule has 1 atom stereocenters. The van der Waals surface area contributed by atoms with Crippen LogP contribution < -0.4 is 4.74 Å². The maximum atomic E-state index is 16.4. The minimum atomic E-state index is -1.30. The average molecular weight is 564 g/mol. The largest absolute Gasteiger partial charge is 0.497 e. The molecule has 0 bridgehead atoms. The number of ether oxygens (including phenoxy) is 2. The number of hydrogen-bond donors (Lipinski definition) is 1. The third kappa shape index (κ3) is 7.23. The zero-order chi connectivity index (χ0) is 28.7. The zero-order valence-corrected chi connectivity index (χ0v) is 24.1. The van der Waals surface area contributed by atoms with Crippen molar-refractivity contribution in [3.63, 3.8) is 0 Å². The predicted molar refractivity (Wildman–Crippen MR) is 158 cm³/mol. The number of morpholine rings is 1. The van der Waals surface area contributed by atoms with E-state index in [9.17, 15) is 9.90 Å².